The van der Waals surface area contributed by atoms with Gasteiger partial charge in [0.2, 0.25) is 11.8 Å². The van der Waals surface area contributed by atoms with Gasteiger partial charge in [0.05, 0.1) is 12.3 Å². The Hall–Kier alpha value is -1.04. The minimum atomic E-state index is 0.0396. The van der Waals surface area contributed by atoms with Gasteiger partial charge in [0.15, 0.2) is 5.82 Å². The fraction of sp³-hybridized carbons (Fsp3) is 0.727. The van der Waals surface area contributed by atoms with E-state index in [0.29, 0.717) is 29.3 Å². The molecule has 1 amide bonds. The predicted octanol–water partition coefficient (Wildman–Crippen LogP) is 1.67. The molecule has 0 spiro atoms. The number of hydrogen-bond donors (Lipinski definition) is 1. The third kappa shape index (κ3) is 4.03. The van der Waals surface area contributed by atoms with Gasteiger partial charge in [-0.25, -0.2) is 0 Å². The van der Waals surface area contributed by atoms with Crippen LogP contribution in [0.15, 0.2) is 4.52 Å². The van der Waals surface area contributed by atoms with Crippen LogP contribution in [0.25, 0.3) is 0 Å². The Morgan fingerprint density at radius 1 is 1.53 bits per heavy atom. The van der Waals surface area contributed by atoms with Gasteiger partial charge in [0, 0.05) is 5.25 Å². The van der Waals surface area contributed by atoms with Gasteiger partial charge >= 0.3 is 0 Å². The highest BCUT2D eigenvalue weighted by Crippen LogP contribution is 2.28. The largest absolute Gasteiger partial charge is 0.346 e. The average Bonchev–Trinajstić information content (AvgIpc) is 2.95. The molecule has 1 saturated carbocycles. The molecule has 0 atom stereocenters. The highest BCUT2D eigenvalue weighted by atomic mass is 32.2. The molecule has 1 aliphatic rings. The SMILES string of the molecule is Cc1noc(CNC(=O)CSC2CCCC2)n1. The van der Waals surface area contributed by atoms with E-state index in [1.165, 1.54) is 25.7 Å². The van der Waals surface area contributed by atoms with Gasteiger partial charge in [-0.15, -0.1) is 11.8 Å². The molecule has 1 fully saturated rings. The molecular weight excluding hydrogens is 238 g/mol. The van der Waals surface area contributed by atoms with Crippen molar-refractivity contribution in [3.63, 3.8) is 0 Å². The lowest BCUT2D eigenvalue weighted by Crippen LogP contribution is -2.25. The summed E-state index contributed by atoms with van der Waals surface area (Å²) in [4.78, 5) is 15.6. The Morgan fingerprint density at radius 3 is 2.94 bits per heavy atom. The van der Waals surface area contributed by atoms with E-state index in [2.05, 4.69) is 15.5 Å². The van der Waals surface area contributed by atoms with Gasteiger partial charge in [0.1, 0.15) is 0 Å². The molecule has 1 aliphatic carbocycles. The summed E-state index contributed by atoms with van der Waals surface area (Å²) in [5.41, 5.74) is 0. The average molecular weight is 255 g/mol. The normalized spacial score (nSPS) is 16.3. The van der Waals surface area contributed by atoms with Crippen molar-refractivity contribution < 1.29 is 9.32 Å². The Morgan fingerprint density at radius 2 is 2.29 bits per heavy atom. The molecule has 0 saturated heterocycles. The fourth-order valence-electron chi connectivity index (χ4n) is 1.89. The van der Waals surface area contributed by atoms with Crippen LogP contribution in [0.5, 0.6) is 0 Å². The van der Waals surface area contributed by atoms with Crippen molar-refractivity contribution in [3.8, 4) is 0 Å². The molecule has 94 valence electrons. The minimum absolute atomic E-state index is 0.0396. The van der Waals surface area contributed by atoms with Gasteiger partial charge in [-0.2, -0.15) is 4.98 Å². The minimum Gasteiger partial charge on any atom is -0.346 e. The first-order valence-electron chi connectivity index (χ1n) is 5.91. The number of rotatable bonds is 5. The summed E-state index contributed by atoms with van der Waals surface area (Å²) in [7, 11) is 0. The Bertz CT molecular complexity index is 375. The number of aryl methyl sites for hydroxylation is 1. The number of nitrogens with zero attached hydrogens (tertiary/aromatic N) is 2. The van der Waals surface area contributed by atoms with Crippen molar-refractivity contribution >= 4 is 17.7 Å². The molecule has 0 aliphatic heterocycles. The lowest BCUT2D eigenvalue weighted by molar-refractivity contribution is -0.118. The van der Waals surface area contributed by atoms with Crippen LogP contribution >= 0.6 is 11.8 Å². The number of carbonyl (C=O) groups is 1. The van der Waals surface area contributed by atoms with E-state index in [-0.39, 0.29) is 5.91 Å². The first-order valence-corrected chi connectivity index (χ1v) is 6.96. The second-order valence-corrected chi connectivity index (χ2v) is 5.52. The van der Waals surface area contributed by atoms with Crippen LogP contribution < -0.4 is 5.32 Å². The summed E-state index contributed by atoms with van der Waals surface area (Å²) in [5, 5.41) is 7.11. The van der Waals surface area contributed by atoms with Gasteiger partial charge in [-0.3, -0.25) is 4.79 Å². The Balaban J connectivity index is 1.63. The molecule has 1 N–H and O–H groups in total. The van der Waals surface area contributed by atoms with E-state index in [9.17, 15) is 4.79 Å². The third-order valence-electron chi connectivity index (χ3n) is 2.76. The summed E-state index contributed by atoms with van der Waals surface area (Å²) >= 11 is 1.75. The zero-order valence-electron chi connectivity index (χ0n) is 9.94. The second-order valence-electron chi connectivity index (χ2n) is 4.23. The number of aromatic nitrogens is 2. The first-order chi connectivity index (χ1) is 8.24. The van der Waals surface area contributed by atoms with Crippen molar-refractivity contribution in [1.82, 2.24) is 15.5 Å². The predicted molar refractivity (Wildman–Crippen MR) is 65.6 cm³/mol. The zero-order valence-corrected chi connectivity index (χ0v) is 10.8. The first kappa shape index (κ1) is 12.4. The summed E-state index contributed by atoms with van der Waals surface area (Å²) in [6, 6.07) is 0. The molecule has 6 heteroatoms. The number of thioether (sulfide) groups is 1. The number of carbonyl (C=O) groups excluding carboxylic acids is 1. The zero-order chi connectivity index (χ0) is 12.1. The van der Waals surface area contributed by atoms with E-state index in [0.717, 1.165) is 0 Å². The molecule has 17 heavy (non-hydrogen) atoms. The van der Waals surface area contributed by atoms with E-state index in [1.807, 2.05) is 0 Å². The molecule has 0 radical (unpaired) electrons. The number of amides is 1. The highest BCUT2D eigenvalue weighted by Gasteiger charge is 2.16. The van der Waals surface area contributed by atoms with E-state index < -0.39 is 0 Å². The maximum atomic E-state index is 11.6. The third-order valence-corrected chi connectivity index (χ3v) is 4.13. The van der Waals surface area contributed by atoms with Crippen molar-refractivity contribution in [2.24, 2.45) is 0 Å². The van der Waals surface area contributed by atoms with Crippen LogP contribution in [-0.2, 0) is 11.3 Å². The van der Waals surface area contributed by atoms with Gasteiger partial charge in [-0.1, -0.05) is 18.0 Å². The second kappa shape index (κ2) is 6.05. The Labute approximate surface area is 105 Å². The number of nitrogens with one attached hydrogen (secondary N) is 1. The lowest BCUT2D eigenvalue weighted by Gasteiger charge is -2.07. The molecule has 1 aromatic rings. The lowest BCUT2D eigenvalue weighted by atomic mass is 10.4. The maximum absolute atomic E-state index is 11.6. The standard InChI is InChI=1S/C11H17N3O2S/c1-8-13-11(16-14-8)6-12-10(15)7-17-9-4-2-3-5-9/h9H,2-7H2,1H3,(H,12,15). The highest BCUT2D eigenvalue weighted by molar-refractivity contribution is 8.00. The van der Waals surface area contributed by atoms with E-state index in [4.69, 9.17) is 4.52 Å². The monoisotopic (exact) mass is 255 g/mol. The molecule has 1 aromatic heterocycles. The van der Waals surface area contributed by atoms with Crippen LogP contribution in [0, 0.1) is 6.92 Å². The van der Waals surface area contributed by atoms with Gasteiger partial charge in [-0.05, 0) is 19.8 Å². The molecule has 0 unspecified atom stereocenters. The fourth-order valence-corrected chi connectivity index (χ4v) is 3.04. The molecule has 1 heterocycles. The van der Waals surface area contributed by atoms with Crippen LogP contribution in [-0.4, -0.2) is 27.1 Å². The van der Waals surface area contributed by atoms with Crippen LogP contribution in [0.1, 0.15) is 37.4 Å². The summed E-state index contributed by atoms with van der Waals surface area (Å²) in [5.74, 6) is 1.62. The molecule has 2 rings (SSSR count). The molecule has 0 bridgehead atoms. The molecule has 0 aromatic carbocycles. The van der Waals surface area contributed by atoms with Crippen molar-refractivity contribution in [3.05, 3.63) is 11.7 Å². The van der Waals surface area contributed by atoms with Crippen molar-refractivity contribution in [2.45, 2.75) is 44.4 Å². The van der Waals surface area contributed by atoms with Crippen LogP contribution in [0.2, 0.25) is 0 Å². The topological polar surface area (TPSA) is 68.0 Å². The molecule has 5 nitrogen and oxygen atoms in total. The van der Waals surface area contributed by atoms with Gasteiger partial charge in [0.25, 0.3) is 0 Å². The summed E-state index contributed by atoms with van der Waals surface area (Å²) < 4.78 is 4.91. The van der Waals surface area contributed by atoms with E-state index >= 15 is 0 Å². The van der Waals surface area contributed by atoms with Crippen molar-refractivity contribution in [2.75, 3.05) is 5.75 Å². The summed E-state index contributed by atoms with van der Waals surface area (Å²) in [6.45, 7) is 2.08. The van der Waals surface area contributed by atoms with E-state index in [1.54, 1.807) is 18.7 Å². The molecular formula is C11H17N3O2S. The Kier molecular flexibility index (Phi) is 4.42. The van der Waals surface area contributed by atoms with Gasteiger partial charge < -0.3 is 9.84 Å². The van der Waals surface area contributed by atoms with Crippen LogP contribution in [0.3, 0.4) is 0 Å². The summed E-state index contributed by atoms with van der Waals surface area (Å²) in [6.07, 6.45) is 5.11. The maximum Gasteiger partial charge on any atom is 0.246 e. The number of hydrogen-bond acceptors (Lipinski definition) is 5. The van der Waals surface area contributed by atoms with Crippen molar-refractivity contribution in [1.29, 1.82) is 0 Å². The van der Waals surface area contributed by atoms with Crippen LogP contribution in [0.4, 0.5) is 0 Å². The quantitative estimate of drug-likeness (QED) is 0.866. The smallest absolute Gasteiger partial charge is 0.246 e.